The van der Waals surface area contributed by atoms with Gasteiger partial charge < -0.3 is 0 Å². The summed E-state index contributed by atoms with van der Waals surface area (Å²) in [5.41, 5.74) is -0.439. The first-order valence-electron chi connectivity index (χ1n) is 6.16. The fourth-order valence-electron chi connectivity index (χ4n) is 2.02. The molecule has 0 atom stereocenters. The Bertz CT molecular complexity index is 485. The van der Waals surface area contributed by atoms with Crippen LogP contribution in [-0.2, 0) is 29.1 Å². The van der Waals surface area contributed by atoms with Crippen molar-refractivity contribution in [2.45, 2.75) is 44.5 Å². The van der Waals surface area contributed by atoms with Gasteiger partial charge in [0, 0.05) is 0 Å². The number of halogens is 3. The van der Waals surface area contributed by atoms with Crippen molar-refractivity contribution in [2.75, 3.05) is 0 Å². The minimum atomic E-state index is -4.51. The lowest BCUT2D eigenvalue weighted by Gasteiger charge is -2.15. The van der Waals surface area contributed by atoms with Crippen LogP contribution in [0.4, 0.5) is 13.2 Å². The molecule has 2 nitrogen and oxygen atoms in total. The zero-order valence-electron chi connectivity index (χ0n) is 10.7. The second kappa shape index (κ2) is 6.93. The number of thiol groups is 1. The average molecular weight is 294 g/mol. The predicted octanol–water partition coefficient (Wildman–Crippen LogP) is 3.55. The highest BCUT2D eigenvalue weighted by molar-refractivity contribution is 7.71. The Morgan fingerprint density at radius 1 is 1.16 bits per heavy atom. The van der Waals surface area contributed by atoms with Crippen LogP contribution in [0.3, 0.4) is 0 Å². The molecule has 0 aromatic heterocycles. The molecule has 0 spiro atoms. The predicted molar refractivity (Wildman–Crippen MR) is 68.7 cm³/mol. The molecule has 0 N–H and O–H groups in total. The molecule has 1 aromatic carbocycles. The van der Waals surface area contributed by atoms with Gasteiger partial charge in [-0.3, -0.25) is 0 Å². The topological polar surface area (TPSA) is 34.1 Å². The van der Waals surface area contributed by atoms with Gasteiger partial charge in [-0.25, -0.2) is 8.42 Å². The average Bonchev–Trinajstić information content (AvgIpc) is 2.29. The fourth-order valence-corrected chi connectivity index (χ4v) is 2.65. The van der Waals surface area contributed by atoms with Crippen LogP contribution in [0.15, 0.2) is 18.2 Å². The van der Waals surface area contributed by atoms with E-state index < -0.39 is 28.2 Å². The molecule has 0 aliphatic rings. The molecule has 0 amide bonds. The highest BCUT2D eigenvalue weighted by Crippen LogP contribution is 2.34. The van der Waals surface area contributed by atoms with Gasteiger partial charge in [0.2, 0.25) is 0 Å². The molecule has 0 fully saturated rings. The molecule has 1 rings (SSSR count). The number of hydrogen-bond donors (Lipinski definition) is 1. The van der Waals surface area contributed by atoms with Gasteiger partial charge in [0.1, 0.15) is 10.7 Å². The van der Waals surface area contributed by atoms with Gasteiger partial charge in [-0.15, -0.1) is 0 Å². The van der Waals surface area contributed by atoms with Gasteiger partial charge in [-0.1, -0.05) is 31.9 Å². The van der Waals surface area contributed by atoms with E-state index in [1.165, 1.54) is 6.07 Å². The van der Waals surface area contributed by atoms with Crippen LogP contribution in [0, 0.1) is 0 Å². The molecule has 0 saturated carbocycles. The molecule has 0 aliphatic carbocycles. The van der Waals surface area contributed by atoms with E-state index in [-0.39, 0.29) is 5.56 Å². The third kappa shape index (κ3) is 4.86. The first kappa shape index (κ1) is 16.0. The van der Waals surface area contributed by atoms with Crippen LogP contribution >= 0.6 is 0 Å². The summed E-state index contributed by atoms with van der Waals surface area (Å²) < 4.78 is 60.2. The molecule has 1 aromatic rings. The van der Waals surface area contributed by atoms with Gasteiger partial charge >= 0.3 is 6.18 Å². The quantitative estimate of drug-likeness (QED) is 0.643. The van der Waals surface area contributed by atoms with E-state index in [0.717, 1.165) is 25.3 Å². The molecule has 19 heavy (non-hydrogen) atoms. The van der Waals surface area contributed by atoms with Crippen molar-refractivity contribution < 1.29 is 21.6 Å². The molecular formula is C13H17F3O2S. The van der Waals surface area contributed by atoms with Gasteiger partial charge in [-0.05, 0) is 30.0 Å². The highest BCUT2D eigenvalue weighted by atomic mass is 32.2. The molecule has 108 valence electrons. The lowest BCUT2D eigenvalue weighted by molar-refractivity contribution is -0.138. The zero-order valence-corrected chi connectivity index (χ0v) is 11.6. The van der Waals surface area contributed by atoms with Crippen molar-refractivity contribution in [1.29, 1.82) is 0 Å². The summed E-state index contributed by atoms with van der Waals surface area (Å²) in [6, 6.07) is 3.86. The van der Waals surface area contributed by atoms with E-state index >= 15 is 0 Å². The summed E-state index contributed by atoms with van der Waals surface area (Å²) >= 11 is 0. The van der Waals surface area contributed by atoms with Gasteiger partial charge in [0.15, 0.2) is 0 Å². The van der Waals surface area contributed by atoms with Crippen LogP contribution in [0.5, 0.6) is 0 Å². The SMILES string of the molecule is CCCCCc1cccc(C(F)(F)F)c1C[SH](=O)=O. The minimum Gasteiger partial charge on any atom is -0.232 e. The number of rotatable bonds is 6. The lowest BCUT2D eigenvalue weighted by Crippen LogP contribution is -2.12. The van der Waals surface area contributed by atoms with Crippen molar-refractivity contribution in [3.63, 3.8) is 0 Å². The molecule has 0 bridgehead atoms. The van der Waals surface area contributed by atoms with Crippen LogP contribution in [0.2, 0.25) is 0 Å². The summed E-state index contributed by atoms with van der Waals surface area (Å²) in [4.78, 5) is 0. The maximum absolute atomic E-state index is 12.9. The van der Waals surface area contributed by atoms with Crippen LogP contribution in [0.1, 0.15) is 42.9 Å². The summed E-state index contributed by atoms with van der Waals surface area (Å²) in [5.74, 6) is -0.549. The summed E-state index contributed by atoms with van der Waals surface area (Å²) in [5, 5.41) is 0. The maximum Gasteiger partial charge on any atom is 0.416 e. The molecule has 0 aliphatic heterocycles. The van der Waals surface area contributed by atoms with E-state index in [9.17, 15) is 21.6 Å². The minimum absolute atomic E-state index is 0.0952. The molecule has 6 heteroatoms. The van der Waals surface area contributed by atoms with Crippen molar-refractivity contribution in [2.24, 2.45) is 0 Å². The Morgan fingerprint density at radius 3 is 2.37 bits per heavy atom. The van der Waals surface area contributed by atoms with E-state index in [0.29, 0.717) is 12.0 Å². The van der Waals surface area contributed by atoms with Crippen molar-refractivity contribution in [1.82, 2.24) is 0 Å². The van der Waals surface area contributed by atoms with Crippen molar-refractivity contribution >= 4 is 10.7 Å². The van der Waals surface area contributed by atoms with Crippen LogP contribution in [-0.4, -0.2) is 8.42 Å². The molecule has 0 saturated heterocycles. The zero-order chi connectivity index (χ0) is 14.5. The summed E-state index contributed by atoms with van der Waals surface area (Å²) in [6.07, 6.45) is -1.39. The van der Waals surface area contributed by atoms with Gasteiger partial charge in [0.05, 0.1) is 11.3 Å². The molecule has 0 unspecified atom stereocenters. The largest absolute Gasteiger partial charge is 0.416 e. The molecule has 0 heterocycles. The number of aryl methyl sites for hydroxylation is 1. The number of unbranched alkanes of at least 4 members (excludes halogenated alkanes) is 2. The van der Waals surface area contributed by atoms with E-state index in [2.05, 4.69) is 0 Å². The van der Waals surface area contributed by atoms with E-state index in [4.69, 9.17) is 0 Å². The smallest absolute Gasteiger partial charge is 0.232 e. The third-order valence-corrected chi connectivity index (χ3v) is 3.49. The Kier molecular flexibility index (Phi) is 5.85. The first-order valence-corrected chi connectivity index (χ1v) is 7.52. The molecule has 0 radical (unpaired) electrons. The third-order valence-electron chi connectivity index (χ3n) is 2.92. The number of alkyl halides is 3. The first-order chi connectivity index (χ1) is 8.86. The molecular weight excluding hydrogens is 277 g/mol. The standard InChI is InChI=1S/C13H17F3O2S/c1-2-3-4-6-10-7-5-8-12(13(14,15)16)11(10)9-19(17)18/h5,7-8,19H,2-4,6,9H2,1H3. The Morgan fingerprint density at radius 2 is 1.84 bits per heavy atom. The van der Waals surface area contributed by atoms with Gasteiger partial charge in [0.25, 0.3) is 0 Å². The van der Waals surface area contributed by atoms with Crippen molar-refractivity contribution in [3.8, 4) is 0 Å². The second-order valence-electron chi connectivity index (χ2n) is 4.39. The van der Waals surface area contributed by atoms with Crippen LogP contribution in [0.25, 0.3) is 0 Å². The van der Waals surface area contributed by atoms with E-state index in [1.807, 2.05) is 6.92 Å². The summed E-state index contributed by atoms with van der Waals surface area (Å²) in [6.45, 7) is 2.00. The van der Waals surface area contributed by atoms with E-state index in [1.54, 1.807) is 6.07 Å². The Labute approximate surface area is 112 Å². The lowest BCUT2D eigenvalue weighted by atomic mass is 9.97. The number of benzene rings is 1. The normalized spacial score (nSPS) is 12.1. The van der Waals surface area contributed by atoms with Crippen LogP contribution < -0.4 is 0 Å². The highest BCUT2D eigenvalue weighted by Gasteiger charge is 2.34. The Balaban J connectivity index is 3.14. The van der Waals surface area contributed by atoms with Gasteiger partial charge in [-0.2, -0.15) is 13.2 Å². The summed E-state index contributed by atoms with van der Waals surface area (Å²) in [7, 11) is -2.87. The maximum atomic E-state index is 12.9. The second-order valence-corrected chi connectivity index (χ2v) is 5.37. The fraction of sp³-hybridized carbons (Fsp3) is 0.538. The van der Waals surface area contributed by atoms with Crippen molar-refractivity contribution in [3.05, 3.63) is 34.9 Å². The Hall–Kier alpha value is -1.04. The number of hydrogen-bond acceptors (Lipinski definition) is 2. The monoisotopic (exact) mass is 294 g/mol.